The smallest absolute Gasteiger partial charge is 0.331 e. The van der Waals surface area contributed by atoms with Crippen LogP contribution in [0.1, 0.15) is 65.2 Å². The first kappa shape index (κ1) is 19.1. The highest BCUT2D eigenvalue weighted by atomic mass is 16.5. The molecule has 9 atom stereocenters. The number of hydrogen-bond donors (Lipinski definition) is 3. The Morgan fingerprint density at radius 3 is 2.54 bits per heavy atom. The van der Waals surface area contributed by atoms with E-state index in [1.165, 1.54) is 0 Å². The quantitative estimate of drug-likeness (QED) is 0.599. The first-order valence-corrected chi connectivity index (χ1v) is 11.1. The van der Waals surface area contributed by atoms with Crippen molar-refractivity contribution in [1.82, 2.24) is 0 Å². The van der Waals surface area contributed by atoms with Crippen molar-refractivity contribution >= 4 is 5.97 Å². The Hall–Kier alpha value is -0.910. The molecular formula is C23H34O5. The van der Waals surface area contributed by atoms with Gasteiger partial charge in [0, 0.05) is 11.5 Å². The molecular weight excluding hydrogens is 356 g/mol. The lowest BCUT2D eigenvalue weighted by atomic mass is 9.43. The first-order chi connectivity index (χ1) is 13.2. The van der Waals surface area contributed by atoms with Gasteiger partial charge >= 0.3 is 5.97 Å². The molecule has 0 radical (unpaired) electrons. The number of hydrogen-bond acceptors (Lipinski definition) is 5. The number of rotatable bonds is 1. The molecule has 3 N–H and O–H groups in total. The highest BCUT2D eigenvalue weighted by molar-refractivity contribution is 5.85. The molecule has 4 fully saturated rings. The van der Waals surface area contributed by atoms with Crippen LogP contribution in [0.15, 0.2) is 11.6 Å². The summed E-state index contributed by atoms with van der Waals surface area (Å²) in [5.41, 5.74) is 0.118. The lowest BCUT2D eigenvalue weighted by molar-refractivity contribution is -0.218. The molecule has 28 heavy (non-hydrogen) atoms. The molecule has 5 aliphatic rings. The Bertz CT molecular complexity index is 718. The lowest BCUT2D eigenvalue weighted by Gasteiger charge is -2.64. The molecule has 0 bridgehead atoms. The van der Waals surface area contributed by atoms with Gasteiger partial charge in [-0.25, -0.2) is 4.79 Å². The van der Waals surface area contributed by atoms with Gasteiger partial charge in [0.15, 0.2) is 0 Å². The number of aliphatic hydroxyl groups excluding tert-OH is 2. The molecule has 0 aromatic carbocycles. The predicted octanol–water partition coefficient (Wildman–Crippen LogP) is 2.58. The van der Waals surface area contributed by atoms with E-state index in [9.17, 15) is 20.1 Å². The van der Waals surface area contributed by atoms with E-state index in [4.69, 9.17) is 4.74 Å². The van der Waals surface area contributed by atoms with E-state index >= 15 is 0 Å². The van der Waals surface area contributed by atoms with E-state index in [0.717, 1.165) is 44.1 Å². The summed E-state index contributed by atoms with van der Waals surface area (Å²) in [5.74, 6) is 1.03. The minimum absolute atomic E-state index is 0.0115. The summed E-state index contributed by atoms with van der Waals surface area (Å²) in [5, 5.41) is 32.7. The topological polar surface area (TPSA) is 87.0 Å². The first-order valence-electron chi connectivity index (χ1n) is 11.1. The summed E-state index contributed by atoms with van der Waals surface area (Å²) in [6.07, 6.45) is 7.46. The van der Waals surface area contributed by atoms with Gasteiger partial charge in [-0.15, -0.1) is 0 Å². The van der Waals surface area contributed by atoms with Crippen molar-refractivity contribution in [2.45, 2.75) is 83.0 Å². The van der Waals surface area contributed by atoms with Crippen molar-refractivity contribution in [3.8, 4) is 0 Å². The van der Waals surface area contributed by atoms with Crippen LogP contribution in [-0.4, -0.2) is 45.7 Å². The largest absolute Gasteiger partial charge is 0.458 e. The van der Waals surface area contributed by atoms with Crippen LogP contribution < -0.4 is 0 Å². The summed E-state index contributed by atoms with van der Waals surface area (Å²) >= 11 is 0. The molecule has 7 unspecified atom stereocenters. The fourth-order valence-electron chi connectivity index (χ4n) is 8.43. The molecule has 0 aromatic rings. The van der Waals surface area contributed by atoms with Crippen LogP contribution in [0.4, 0.5) is 0 Å². The van der Waals surface area contributed by atoms with Gasteiger partial charge in [-0.3, -0.25) is 0 Å². The number of cyclic esters (lactones) is 1. The van der Waals surface area contributed by atoms with Gasteiger partial charge in [-0.1, -0.05) is 13.8 Å². The zero-order chi connectivity index (χ0) is 19.9. The summed E-state index contributed by atoms with van der Waals surface area (Å²) in [6, 6.07) is 0. The third-order valence-corrected chi connectivity index (χ3v) is 10.0. The maximum absolute atomic E-state index is 12.1. The van der Waals surface area contributed by atoms with E-state index in [1.54, 1.807) is 6.08 Å². The monoisotopic (exact) mass is 390 g/mol. The lowest BCUT2D eigenvalue weighted by Crippen LogP contribution is -2.63. The maximum Gasteiger partial charge on any atom is 0.331 e. The number of fused-ring (bicyclic) bond motifs is 5. The number of esters is 1. The molecule has 4 aliphatic carbocycles. The Kier molecular flexibility index (Phi) is 4.12. The molecule has 1 heterocycles. The highest BCUT2D eigenvalue weighted by Gasteiger charge is 2.68. The molecule has 0 saturated heterocycles. The van der Waals surface area contributed by atoms with Crippen molar-refractivity contribution in [2.75, 3.05) is 6.61 Å². The number of ether oxygens (including phenoxy) is 1. The van der Waals surface area contributed by atoms with Crippen molar-refractivity contribution in [3.63, 3.8) is 0 Å². The number of aliphatic hydroxyl groups is 3. The standard InChI is InChI=1S/C23H34O5/c1-21-11-19(25)18(24)10-14(21)3-4-17-16(21)5-7-22(2)15(6-8-23(17,22)27)13-9-20(26)28-12-13/h9,14-19,24-25,27H,3-8,10-12H2,1-2H3/t14-,15?,16?,17-,18?,19?,21?,22?,23?/m0/s1. The predicted molar refractivity (Wildman–Crippen MR) is 103 cm³/mol. The summed E-state index contributed by atoms with van der Waals surface area (Å²) in [7, 11) is 0. The van der Waals surface area contributed by atoms with E-state index in [-0.39, 0.29) is 28.6 Å². The van der Waals surface area contributed by atoms with Crippen molar-refractivity contribution < 1.29 is 24.9 Å². The van der Waals surface area contributed by atoms with E-state index < -0.39 is 17.8 Å². The summed E-state index contributed by atoms with van der Waals surface area (Å²) in [4.78, 5) is 11.6. The van der Waals surface area contributed by atoms with Crippen LogP contribution in [0.25, 0.3) is 0 Å². The molecule has 5 rings (SSSR count). The average molecular weight is 391 g/mol. The van der Waals surface area contributed by atoms with Gasteiger partial charge in [0.25, 0.3) is 0 Å². The van der Waals surface area contributed by atoms with Gasteiger partial charge in [-0.2, -0.15) is 0 Å². The van der Waals surface area contributed by atoms with E-state index in [2.05, 4.69) is 13.8 Å². The molecule has 5 nitrogen and oxygen atoms in total. The zero-order valence-electron chi connectivity index (χ0n) is 17.1. The fraction of sp³-hybridized carbons (Fsp3) is 0.870. The zero-order valence-corrected chi connectivity index (χ0v) is 17.1. The average Bonchev–Trinajstić information content (AvgIpc) is 3.17. The van der Waals surface area contributed by atoms with Crippen LogP contribution in [0.5, 0.6) is 0 Å². The Labute approximate surface area is 167 Å². The second kappa shape index (κ2) is 6.05. The number of carbonyl (C=O) groups is 1. The van der Waals surface area contributed by atoms with Gasteiger partial charge in [0.2, 0.25) is 0 Å². The van der Waals surface area contributed by atoms with E-state index in [0.29, 0.717) is 31.3 Å². The van der Waals surface area contributed by atoms with Crippen LogP contribution in [-0.2, 0) is 9.53 Å². The Morgan fingerprint density at radius 2 is 1.82 bits per heavy atom. The van der Waals surface area contributed by atoms with Crippen LogP contribution >= 0.6 is 0 Å². The molecule has 5 heteroatoms. The second-order valence-electron chi connectivity index (χ2n) is 10.9. The summed E-state index contributed by atoms with van der Waals surface area (Å²) < 4.78 is 5.19. The normalized spacial score (nSPS) is 55.8. The Balaban J connectivity index is 1.47. The van der Waals surface area contributed by atoms with Crippen LogP contribution in [0.3, 0.4) is 0 Å². The third-order valence-electron chi connectivity index (χ3n) is 10.0. The second-order valence-corrected chi connectivity index (χ2v) is 10.9. The van der Waals surface area contributed by atoms with Crippen LogP contribution in [0, 0.1) is 34.5 Å². The maximum atomic E-state index is 12.1. The molecule has 4 saturated carbocycles. The van der Waals surface area contributed by atoms with E-state index in [1.807, 2.05) is 0 Å². The molecule has 1 aliphatic heterocycles. The van der Waals surface area contributed by atoms with Crippen molar-refractivity contribution in [3.05, 3.63) is 11.6 Å². The molecule has 0 aromatic heterocycles. The van der Waals surface area contributed by atoms with Crippen molar-refractivity contribution in [2.24, 2.45) is 34.5 Å². The van der Waals surface area contributed by atoms with Crippen molar-refractivity contribution in [1.29, 1.82) is 0 Å². The fourth-order valence-corrected chi connectivity index (χ4v) is 8.43. The van der Waals surface area contributed by atoms with Gasteiger partial charge in [0.05, 0.1) is 17.8 Å². The SMILES string of the molecule is CC12CC(O)C(O)C[C@@H]1CC[C@H]1C2CCC2(C)C(C3=CC(=O)OC3)CCC12O. The van der Waals surface area contributed by atoms with Gasteiger partial charge < -0.3 is 20.1 Å². The van der Waals surface area contributed by atoms with Crippen LogP contribution in [0.2, 0.25) is 0 Å². The van der Waals surface area contributed by atoms with Gasteiger partial charge in [-0.05, 0) is 86.0 Å². The Morgan fingerprint density at radius 1 is 1.04 bits per heavy atom. The molecule has 0 spiro atoms. The minimum Gasteiger partial charge on any atom is -0.458 e. The molecule has 0 amide bonds. The summed E-state index contributed by atoms with van der Waals surface area (Å²) in [6.45, 7) is 4.92. The third kappa shape index (κ3) is 2.33. The molecule has 156 valence electrons. The minimum atomic E-state index is -0.720. The number of carbonyl (C=O) groups excluding carboxylic acids is 1. The highest BCUT2D eigenvalue weighted by Crippen LogP contribution is 2.69. The van der Waals surface area contributed by atoms with Gasteiger partial charge in [0.1, 0.15) is 6.61 Å².